The van der Waals surface area contributed by atoms with E-state index in [-0.39, 0.29) is 36.8 Å². The molecule has 2 N–H and O–H groups in total. The Morgan fingerprint density at radius 3 is 2.72 bits per heavy atom. The maximum absolute atomic E-state index is 12.4. The van der Waals surface area contributed by atoms with Gasteiger partial charge in [0.1, 0.15) is 0 Å². The van der Waals surface area contributed by atoms with Crippen molar-refractivity contribution < 1.29 is 4.79 Å². The van der Waals surface area contributed by atoms with E-state index in [1.165, 1.54) is 12.8 Å². The zero-order chi connectivity index (χ0) is 15.8. The molecule has 1 amide bonds. The van der Waals surface area contributed by atoms with E-state index in [2.05, 4.69) is 20.8 Å². The number of aromatic nitrogens is 3. The monoisotopic (exact) mass is 385 g/mol. The first-order valence-corrected chi connectivity index (χ1v) is 8.54. The van der Waals surface area contributed by atoms with Crippen LogP contribution in [0.25, 0.3) is 5.65 Å². The van der Waals surface area contributed by atoms with Gasteiger partial charge in [-0.2, -0.15) is 0 Å². The standard InChI is InChI=1S/C17H23N5O.2ClH/c1-11(17-21-20-15-4-2-3-7-22(15)17)18-16(23)10-12-8-13-5-6-14(9-12)19-13;;/h2-4,7,11-14,19H,5-6,8-10H2,1H3,(H,18,23);2*1H. The van der Waals surface area contributed by atoms with Crippen LogP contribution < -0.4 is 10.6 Å². The Bertz CT molecular complexity index is 710. The topological polar surface area (TPSA) is 71.3 Å². The van der Waals surface area contributed by atoms with Crippen molar-refractivity contribution in [2.45, 2.75) is 57.2 Å². The number of hydrogen-bond donors (Lipinski definition) is 2. The van der Waals surface area contributed by atoms with E-state index < -0.39 is 0 Å². The van der Waals surface area contributed by atoms with Gasteiger partial charge in [-0.15, -0.1) is 35.0 Å². The van der Waals surface area contributed by atoms with Crippen molar-refractivity contribution in [2.24, 2.45) is 5.92 Å². The molecule has 0 spiro atoms. The van der Waals surface area contributed by atoms with Crippen LogP contribution >= 0.6 is 24.8 Å². The molecule has 0 aromatic carbocycles. The maximum atomic E-state index is 12.4. The lowest BCUT2D eigenvalue weighted by Crippen LogP contribution is -2.40. The van der Waals surface area contributed by atoms with Crippen LogP contribution in [0, 0.1) is 5.92 Å². The molecule has 138 valence electrons. The van der Waals surface area contributed by atoms with Crippen molar-refractivity contribution in [3.05, 3.63) is 30.2 Å². The van der Waals surface area contributed by atoms with E-state index in [1.54, 1.807) is 0 Å². The Hall–Kier alpha value is -1.37. The molecule has 2 fully saturated rings. The highest BCUT2D eigenvalue weighted by Gasteiger charge is 2.34. The van der Waals surface area contributed by atoms with Gasteiger partial charge in [-0.25, -0.2) is 0 Å². The third kappa shape index (κ3) is 4.25. The first-order valence-electron chi connectivity index (χ1n) is 8.54. The number of nitrogens with one attached hydrogen (secondary N) is 2. The second-order valence-electron chi connectivity index (χ2n) is 6.96. The van der Waals surface area contributed by atoms with E-state index in [4.69, 9.17) is 0 Å². The zero-order valence-corrected chi connectivity index (χ0v) is 15.9. The van der Waals surface area contributed by atoms with Crippen molar-refractivity contribution in [2.75, 3.05) is 0 Å². The largest absolute Gasteiger partial charge is 0.346 e. The summed E-state index contributed by atoms with van der Waals surface area (Å²) < 4.78 is 1.93. The molecule has 0 saturated carbocycles. The number of hydrogen-bond acceptors (Lipinski definition) is 4. The van der Waals surface area contributed by atoms with Gasteiger partial charge in [0.15, 0.2) is 11.5 Å². The lowest BCUT2D eigenvalue weighted by Gasteiger charge is -2.28. The Kier molecular flexibility index (Phi) is 6.65. The molecule has 0 aliphatic carbocycles. The van der Waals surface area contributed by atoms with Gasteiger partial charge in [0, 0.05) is 24.7 Å². The van der Waals surface area contributed by atoms with Crippen molar-refractivity contribution >= 4 is 36.4 Å². The quantitative estimate of drug-likeness (QED) is 0.848. The molecule has 25 heavy (non-hydrogen) atoms. The number of halogens is 2. The highest BCUT2D eigenvalue weighted by atomic mass is 35.5. The fraction of sp³-hybridized carbons (Fsp3) is 0.588. The normalized spacial score (nSPS) is 25.7. The number of rotatable bonds is 4. The molecule has 6 nitrogen and oxygen atoms in total. The highest BCUT2D eigenvalue weighted by molar-refractivity contribution is 5.85. The van der Waals surface area contributed by atoms with Crippen molar-refractivity contribution in [3.63, 3.8) is 0 Å². The van der Waals surface area contributed by atoms with Crippen LogP contribution in [0.3, 0.4) is 0 Å². The van der Waals surface area contributed by atoms with E-state index in [9.17, 15) is 4.79 Å². The minimum absolute atomic E-state index is 0. The predicted molar refractivity (Wildman–Crippen MR) is 101 cm³/mol. The number of fused-ring (bicyclic) bond motifs is 3. The molecule has 3 atom stereocenters. The molecule has 3 unspecified atom stereocenters. The van der Waals surface area contributed by atoms with Crippen LogP contribution in [-0.4, -0.2) is 32.6 Å². The lowest BCUT2D eigenvalue weighted by molar-refractivity contribution is -0.123. The van der Waals surface area contributed by atoms with Crippen molar-refractivity contribution in [3.8, 4) is 0 Å². The van der Waals surface area contributed by atoms with Crippen molar-refractivity contribution in [1.82, 2.24) is 25.2 Å². The van der Waals surface area contributed by atoms with E-state index >= 15 is 0 Å². The summed E-state index contributed by atoms with van der Waals surface area (Å²) in [6.45, 7) is 1.97. The molecular weight excluding hydrogens is 361 g/mol. The fourth-order valence-electron chi connectivity index (χ4n) is 4.12. The Morgan fingerprint density at radius 1 is 1.28 bits per heavy atom. The maximum Gasteiger partial charge on any atom is 0.220 e. The molecular formula is C17H25Cl2N5O. The number of amides is 1. The molecule has 2 bridgehead atoms. The van der Waals surface area contributed by atoms with Gasteiger partial charge in [-0.05, 0) is 50.7 Å². The van der Waals surface area contributed by atoms with Gasteiger partial charge >= 0.3 is 0 Å². The Labute approximate surface area is 160 Å². The predicted octanol–water partition coefficient (Wildman–Crippen LogP) is 2.67. The summed E-state index contributed by atoms with van der Waals surface area (Å²) in [6.07, 6.45) is 7.35. The second-order valence-corrected chi connectivity index (χ2v) is 6.96. The van der Waals surface area contributed by atoms with Gasteiger partial charge in [0.2, 0.25) is 5.91 Å². The molecule has 4 rings (SSSR count). The summed E-state index contributed by atoms with van der Waals surface area (Å²) in [5.41, 5.74) is 0.804. The first kappa shape index (κ1) is 19.9. The van der Waals surface area contributed by atoms with Crippen LogP contribution in [0.2, 0.25) is 0 Å². The smallest absolute Gasteiger partial charge is 0.220 e. The van der Waals surface area contributed by atoms with Crippen LogP contribution in [0.15, 0.2) is 24.4 Å². The molecule has 2 saturated heterocycles. The number of carbonyl (C=O) groups excluding carboxylic acids is 1. The Morgan fingerprint density at radius 2 is 2.00 bits per heavy atom. The summed E-state index contributed by atoms with van der Waals surface area (Å²) in [5, 5.41) is 15.1. The number of nitrogens with zero attached hydrogens (tertiary/aromatic N) is 3. The van der Waals surface area contributed by atoms with Crippen LogP contribution in [-0.2, 0) is 4.79 Å². The highest BCUT2D eigenvalue weighted by Crippen LogP contribution is 2.32. The SMILES string of the molecule is CC(NC(=O)CC1CC2CCC(C1)N2)c1nnc2ccccn12.Cl.Cl. The molecule has 2 aliphatic heterocycles. The molecule has 0 radical (unpaired) electrons. The van der Waals surface area contributed by atoms with E-state index in [0.717, 1.165) is 24.3 Å². The van der Waals surface area contributed by atoms with Gasteiger partial charge in [0.05, 0.1) is 6.04 Å². The molecule has 2 aromatic heterocycles. The summed E-state index contributed by atoms with van der Waals surface area (Å²) >= 11 is 0. The minimum atomic E-state index is -0.140. The zero-order valence-electron chi connectivity index (χ0n) is 14.2. The first-order chi connectivity index (χ1) is 11.2. The summed E-state index contributed by atoms with van der Waals surface area (Å²) in [6, 6.07) is 6.91. The summed E-state index contributed by atoms with van der Waals surface area (Å²) in [7, 11) is 0. The molecule has 2 aliphatic rings. The number of piperidine rings is 1. The molecule has 4 heterocycles. The van der Waals surface area contributed by atoms with Crippen LogP contribution in [0.4, 0.5) is 0 Å². The van der Waals surface area contributed by atoms with Gasteiger partial charge in [0.25, 0.3) is 0 Å². The molecule has 2 aromatic rings. The average Bonchev–Trinajstić information content (AvgIpc) is 3.10. The fourth-order valence-corrected chi connectivity index (χ4v) is 4.12. The molecule has 8 heteroatoms. The third-order valence-electron chi connectivity index (χ3n) is 5.15. The lowest BCUT2D eigenvalue weighted by atomic mass is 9.89. The van der Waals surface area contributed by atoms with Gasteiger partial charge in [-0.1, -0.05) is 6.07 Å². The van der Waals surface area contributed by atoms with Crippen LogP contribution in [0.5, 0.6) is 0 Å². The second kappa shape index (κ2) is 8.34. The van der Waals surface area contributed by atoms with Crippen LogP contribution in [0.1, 0.15) is 50.9 Å². The minimum Gasteiger partial charge on any atom is -0.346 e. The Balaban J connectivity index is 0.00000113. The van der Waals surface area contributed by atoms with E-state index in [1.807, 2.05) is 35.7 Å². The third-order valence-corrected chi connectivity index (χ3v) is 5.15. The number of carbonyl (C=O) groups is 1. The van der Waals surface area contributed by atoms with Gasteiger partial charge < -0.3 is 10.6 Å². The van der Waals surface area contributed by atoms with Crippen molar-refractivity contribution in [1.29, 1.82) is 0 Å². The number of pyridine rings is 1. The summed E-state index contributed by atoms with van der Waals surface area (Å²) in [5.74, 6) is 1.41. The van der Waals surface area contributed by atoms with Gasteiger partial charge in [-0.3, -0.25) is 9.20 Å². The van der Waals surface area contributed by atoms with E-state index in [0.29, 0.717) is 24.4 Å². The summed E-state index contributed by atoms with van der Waals surface area (Å²) in [4.78, 5) is 12.4. The average molecular weight is 386 g/mol.